The highest BCUT2D eigenvalue weighted by molar-refractivity contribution is 6.30. The van der Waals surface area contributed by atoms with Crippen molar-refractivity contribution in [2.75, 3.05) is 29.3 Å². The van der Waals surface area contributed by atoms with E-state index in [9.17, 15) is 14.4 Å². The summed E-state index contributed by atoms with van der Waals surface area (Å²) in [5.74, 6) is -0.218. The first kappa shape index (κ1) is 23.1. The van der Waals surface area contributed by atoms with Crippen LogP contribution in [0.15, 0.2) is 72.8 Å². The quantitative estimate of drug-likeness (QED) is 0.531. The first-order valence-corrected chi connectivity index (χ1v) is 10.9. The number of amides is 3. The van der Waals surface area contributed by atoms with Crippen molar-refractivity contribution in [1.29, 1.82) is 0 Å². The highest BCUT2D eigenvalue weighted by atomic mass is 35.5. The summed E-state index contributed by atoms with van der Waals surface area (Å²) < 4.78 is 10.7. The lowest BCUT2D eigenvalue weighted by Crippen LogP contribution is -2.53. The third-order valence-corrected chi connectivity index (χ3v) is 5.48. The topological polar surface area (TPSA) is 97.0 Å². The Morgan fingerprint density at radius 1 is 1.00 bits per heavy atom. The van der Waals surface area contributed by atoms with Gasteiger partial charge in [-0.25, -0.2) is 0 Å². The number of nitrogens with one attached hydrogen (secondary N) is 2. The van der Waals surface area contributed by atoms with E-state index in [1.807, 2.05) is 0 Å². The van der Waals surface area contributed by atoms with Crippen LogP contribution in [0.1, 0.15) is 6.42 Å². The number of methoxy groups -OCH3 is 1. The van der Waals surface area contributed by atoms with Gasteiger partial charge >= 0.3 is 0 Å². The van der Waals surface area contributed by atoms with Gasteiger partial charge in [0.05, 0.1) is 24.9 Å². The average Bonchev–Trinajstić information content (AvgIpc) is 2.84. The summed E-state index contributed by atoms with van der Waals surface area (Å²) in [7, 11) is 1.55. The Labute approximate surface area is 201 Å². The first-order chi connectivity index (χ1) is 16.4. The van der Waals surface area contributed by atoms with E-state index in [1.54, 1.807) is 79.9 Å². The number of carbonyl (C=O) groups is 3. The van der Waals surface area contributed by atoms with Crippen LogP contribution in [0.4, 0.5) is 17.1 Å². The molecule has 1 aliphatic rings. The zero-order valence-electron chi connectivity index (χ0n) is 18.3. The Morgan fingerprint density at radius 2 is 1.68 bits per heavy atom. The molecule has 0 radical (unpaired) electrons. The van der Waals surface area contributed by atoms with Crippen molar-refractivity contribution in [2.45, 2.75) is 12.5 Å². The van der Waals surface area contributed by atoms with E-state index in [0.29, 0.717) is 33.6 Å². The van der Waals surface area contributed by atoms with Crippen molar-refractivity contribution < 1.29 is 23.9 Å². The lowest BCUT2D eigenvalue weighted by atomic mass is 10.0. The van der Waals surface area contributed by atoms with E-state index in [0.717, 1.165) is 0 Å². The molecule has 0 saturated heterocycles. The van der Waals surface area contributed by atoms with Crippen LogP contribution in [-0.4, -0.2) is 37.5 Å². The van der Waals surface area contributed by atoms with Gasteiger partial charge in [0.25, 0.3) is 5.91 Å². The maximum absolute atomic E-state index is 13.2. The third-order valence-electron chi connectivity index (χ3n) is 5.23. The van der Waals surface area contributed by atoms with Crippen molar-refractivity contribution in [3.63, 3.8) is 0 Å². The van der Waals surface area contributed by atoms with Gasteiger partial charge < -0.3 is 20.1 Å². The zero-order valence-corrected chi connectivity index (χ0v) is 19.0. The van der Waals surface area contributed by atoms with Crippen LogP contribution in [0.25, 0.3) is 0 Å². The molecule has 4 rings (SSSR count). The van der Waals surface area contributed by atoms with Crippen molar-refractivity contribution >= 4 is 46.4 Å². The molecular weight excluding hydrogens is 458 g/mol. The number of carbonyl (C=O) groups excluding carboxylic acids is 3. The fourth-order valence-corrected chi connectivity index (χ4v) is 3.72. The normalized spacial score (nSPS) is 14.6. The number of hydrogen-bond acceptors (Lipinski definition) is 5. The SMILES string of the molecule is COc1ccc(NC(=O)CC2C(=O)Nc3ccccc3N2C(=O)COc2ccc(Cl)cc2)cc1. The Kier molecular flexibility index (Phi) is 6.98. The molecule has 3 amide bonds. The number of rotatable bonds is 7. The fourth-order valence-electron chi connectivity index (χ4n) is 3.59. The minimum absolute atomic E-state index is 0.237. The lowest BCUT2D eigenvalue weighted by Gasteiger charge is -2.36. The summed E-state index contributed by atoms with van der Waals surface area (Å²) in [5.41, 5.74) is 1.53. The van der Waals surface area contributed by atoms with Gasteiger partial charge in [-0.05, 0) is 60.7 Å². The van der Waals surface area contributed by atoms with Gasteiger partial charge in [0.15, 0.2) is 6.61 Å². The van der Waals surface area contributed by atoms with Crippen LogP contribution in [0, 0.1) is 0 Å². The molecular formula is C25H22ClN3O5. The van der Waals surface area contributed by atoms with Crippen molar-refractivity contribution in [3.8, 4) is 11.5 Å². The van der Waals surface area contributed by atoms with E-state index in [4.69, 9.17) is 21.1 Å². The van der Waals surface area contributed by atoms with Gasteiger partial charge in [0, 0.05) is 10.7 Å². The number of para-hydroxylation sites is 2. The second-order valence-corrected chi connectivity index (χ2v) is 7.95. The summed E-state index contributed by atoms with van der Waals surface area (Å²) in [6.45, 7) is -0.320. The van der Waals surface area contributed by atoms with Gasteiger partial charge in [-0.3, -0.25) is 19.3 Å². The molecule has 1 heterocycles. The van der Waals surface area contributed by atoms with Gasteiger partial charge in [0.1, 0.15) is 17.5 Å². The Hall–Kier alpha value is -4.04. The van der Waals surface area contributed by atoms with E-state index in [-0.39, 0.29) is 13.0 Å². The minimum Gasteiger partial charge on any atom is -0.497 e. The third kappa shape index (κ3) is 5.29. The van der Waals surface area contributed by atoms with Crippen LogP contribution in [-0.2, 0) is 14.4 Å². The Morgan fingerprint density at radius 3 is 2.38 bits per heavy atom. The molecule has 2 N–H and O–H groups in total. The average molecular weight is 480 g/mol. The summed E-state index contributed by atoms with van der Waals surface area (Å²) in [6.07, 6.45) is -0.237. The number of hydrogen-bond donors (Lipinski definition) is 2. The molecule has 0 aromatic heterocycles. The Balaban J connectivity index is 1.52. The van der Waals surface area contributed by atoms with Crippen molar-refractivity contribution in [3.05, 3.63) is 77.8 Å². The molecule has 3 aromatic rings. The van der Waals surface area contributed by atoms with Crippen LogP contribution in [0.3, 0.4) is 0 Å². The van der Waals surface area contributed by atoms with E-state index >= 15 is 0 Å². The van der Waals surface area contributed by atoms with Crippen LogP contribution in [0.5, 0.6) is 11.5 Å². The van der Waals surface area contributed by atoms with Crippen LogP contribution < -0.4 is 25.0 Å². The summed E-state index contributed by atoms with van der Waals surface area (Å²) >= 11 is 5.89. The largest absolute Gasteiger partial charge is 0.497 e. The zero-order chi connectivity index (χ0) is 24.1. The summed E-state index contributed by atoms with van der Waals surface area (Å²) in [4.78, 5) is 40.2. The number of nitrogens with zero attached hydrogens (tertiary/aromatic N) is 1. The molecule has 1 unspecified atom stereocenters. The predicted molar refractivity (Wildman–Crippen MR) is 130 cm³/mol. The van der Waals surface area contributed by atoms with E-state index in [1.165, 1.54) is 4.90 Å². The molecule has 8 nitrogen and oxygen atoms in total. The molecule has 0 aliphatic carbocycles. The number of fused-ring (bicyclic) bond motifs is 1. The van der Waals surface area contributed by atoms with Gasteiger partial charge in [-0.1, -0.05) is 23.7 Å². The molecule has 0 bridgehead atoms. The highest BCUT2D eigenvalue weighted by Crippen LogP contribution is 2.33. The number of benzene rings is 3. The molecule has 0 saturated carbocycles. The van der Waals surface area contributed by atoms with Crippen molar-refractivity contribution in [1.82, 2.24) is 0 Å². The Bertz CT molecular complexity index is 1200. The van der Waals surface area contributed by atoms with E-state index < -0.39 is 23.8 Å². The maximum Gasteiger partial charge on any atom is 0.265 e. The predicted octanol–water partition coefficient (Wildman–Crippen LogP) is 4.11. The molecule has 1 aliphatic heterocycles. The van der Waals surface area contributed by atoms with Crippen LogP contribution >= 0.6 is 11.6 Å². The minimum atomic E-state index is -1.05. The van der Waals surface area contributed by atoms with Gasteiger partial charge in [-0.2, -0.15) is 0 Å². The number of anilines is 3. The second-order valence-electron chi connectivity index (χ2n) is 7.51. The molecule has 9 heteroatoms. The van der Waals surface area contributed by atoms with Crippen LogP contribution in [0.2, 0.25) is 5.02 Å². The van der Waals surface area contributed by atoms with Crippen molar-refractivity contribution in [2.24, 2.45) is 0 Å². The molecule has 34 heavy (non-hydrogen) atoms. The summed E-state index contributed by atoms with van der Waals surface area (Å²) in [6, 6.07) is 19.3. The highest BCUT2D eigenvalue weighted by Gasteiger charge is 2.38. The summed E-state index contributed by atoms with van der Waals surface area (Å²) in [5, 5.41) is 6.07. The van der Waals surface area contributed by atoms with E-state index in [2.05, 4.69) is 10.6 Å². The fraction of sp³-hybridized carbons (Fsp3) is 0.160. The second kappa shape index (κ2) is 10.3. The number of ether oxygens (including phenoxy) is 2. The monoisotopic (exact) mass is 479 g/mol. The first-order valence-electron chi connectivity index (χ1n) is 10.5. The standard InChI is InChI=1S/C25H22ClN3O5/c1-33-18-12-8-17(9-13-18)27-23(30)14-22-25(32)28-20-4-2-3-5-21(20)29(22)24(31)15-34-19-10-6-16(26)7-11-19/h2-13,22H,14-15H2,1H3,(H,27,30)(H,28,32). The maximum atomic E-state index is 13.2. The lowest BCUT2D eigenvalue weighted by molar-refractivity contribution is -0.127. The molecule has 174 valence electrons. The number of halogens is 1. The molecule has 3 aromatic carbocycles. The molecule has 1 atom stereocenters. The van der Waals surface area contributed by atoms with Gasteiger partial charge in [-0.15, -0.1) is 0 Å². The smallest absolute Gasteiger partial charge is 0.265 e. The molecule has 0 fully saturated rings. The molecule has 0 spiro atoms. The van der Waals surface area contributed by atoms with Gasteiger partial charge in [0.2, 0.25) is 11.8 Å².